The SMILES string of the molecule is NS(=O)(=O)CCCNC(=O)c1cc(Br)cc(Br)c1. The van der Waals surface area contributed by atoms with Gasteiger partial charge in [-0.2, -0.15) is 0 Å². The Morgan fingerprint density at radius 3 is 2.28 bits per heavy atom. The van der Waals surface area contributed by atoms with Crippen molar-refractivity contribution in [1.29, 1.82) is 0 Å². The summed E-state index contributed by atoms with van der Waals surface area (Å²) in [5.41, 5.74) is 0.492. The van der Waals surface area contributed by atoms with Crippen LogP contribution in [0.3, 0.4) is 0 Å². The highest BCUT2D eigenvalue weighted by Crippen LogP contribution is 2.19. The molecular weight excluding hydrogens is 388 g/mol. The standard InChI is InChI=1S/C10H12Br2N2O3S/c11-8-4-7(5-9(12)6-8)10(15)14-2-1-3-18(13,16)17/h4-6H,1-3H2,(H,14,15)(H2,13,16,17). The minimum atomic E-state index is -3.47. The molecule has 1 amide bonds. The number of halogens is 2. The molecule has 18 heavy (non-hydrogen) atoms. The van der Waals surface area contributed by atoms with Crippen molar-refractivity contribution in [1.82, 2.24) is 5.32 Å². The van der Waals surface area contributed by atoms with E-state index in [1.54, 1.807) is 12.1 Å². The van der Waals surface area contributed by atoms with E-state index in [0.717, 1.165) is 8.95 Å². The number of nitrogens with one attached hydrogen (secondary N) is 1. The van der Waals surface area contributed by atoms with Gasteiger partial charge in [0.05, 0.1) is 5.75 Å². The van der Waals surface area contributed by atoms with Gasteiger partial charge in [-0.25, -0.2) is 13.6 Å². The van der Waals surface area contributed by atoms with Gasteiger partial charge in [0.25, 0.3) is 5.91 Å². The molecule has 1 aromatic carbocycles. The van der Waals surface area contributed by atoms with Gasteiger partial charge in [-0.1, -0.05) is 31.9 Å². The predicted molar refractivity (Wildman–Crippen MR) is 76.8 cm³/mol. The van der Waals surface area contributed by atoms with Crippen molar-refractivity contribution >= 4 is 47.8 Å². The maximum Gasteiger partial charge on any atom is 0.251 e. The predicted octanol–water partition coefficient (Wildman–Crippen LogP) is 1.62. The Morgan fingerprint density at radius 2 is 1.78 bits per heavy atom. The van der Waals surface area contributed by atoms with Crippen molar-refractivity contribution < 1.29 is 13.2 Å². The van der Waals surface area contributed by atoms with Crippen LogP contribution in [0.25, 0.3) is 0 Å². The molecule has 0 heterocycles. The fourth-order valence-corrected chi connectivity index (χ4v) is 3.10. The maximum atomic E-state index is 11.7. The maximum absolute atomic E-state index is 11.7. The van der Waals surface area contributed by atoms with E-state index in [2.05, 4.69) is 37.2 Å². The van der Waals surface area contributed by atoms with Crippen LogP contribution in [0.2, 0.25) is 0 Å². The average Bonchev–Trinajstić information content (AvgIpc) is 2.21. The molecule has 0 unspecified atom stereocenters. The number of benzene rings is 1. The van der Waals surface area contributed by atoms with E-state index < -0.39 is 10.0 Å². The number of primary sulfonamides is 1. The van der Waals surface area contributed by atoms with Crippen LogP contribution in [-0.4, -0.2) is 26.6 Å². The van der Waals surface area contributed by atoms with Crippen LogP contribution < -0.4 is 10.5 Å². The second-order valence-electron chi connectivity index (χ2n) is 3.63. The van der Waals surface area contributed by atoms with Crippen LogP contribution in [0.5, 0.6) is 0 Å². The van der Waals surface area contributed by atoms with Gasteiger partial charge in [-0.05, 0) is 24.6 Å². The van der Waals surface area contributed by atoms with Gasteiger partial charge in [0.2, 0.25) is 10.0 Å². The molecule has 5 nitrogen and oxygen atoms in total. The molecule has 0 bridgehead atoms. The van der Waals surface area contributed by atoms with Gasteiger partial charge < -0.3 is 5.32 Å². The summed E-state index contributed by atoms with van der Waals surface area (Å²) in [6.07, 6.45) is 0.291. The molecule has 0 spiro atoms. The van der Waals surface area contributed by atoms with E-state index in [1.165, 1.54) is 0 Å². The smallest absolute Gasteiger partial charge is 0.251 e. The summed E-state index contributed by atoms with van der Waals surface area (Å²) in [5, 5.41) is 7.48. The van der Waals surface area contributed by atoms with Crippen molar-refractivity contribution in [2.45, 2.75) is 6.42 Å². The van der Waals surface area contributed by atoms with Crippen LogP contribution in [0, 0.1) is 0 Å². The fourth-order valence-electron chi connectivity index (χ4n) is 1.26. The largest absolute Gasteiger partial charge is 0.352 e. The van der Waals surface area contributed by atoms with Gasteiger partial charge in [0.1, 0.15) is 0 Å². The number of amides is 1. The monoisotopic (exact) mass is 398 g/mol. The van der Waals surface area contributed by atoms with Crippen molar-refractivity contribution in [3.63, 3.8) is 0 Å². The molecule has 8 heteroatoms. The van der Waals surface area contributed by atoms with Crippen LogP contribution in [-0.2, 0) is 10.0 Å². The molecule has 0 saturated carbocycles. The molecule has 1 rings (SSSR count). The molecule has 0 aliphatic carbocycles. The first-order valence-electron chi connectivity index (χ1n) is 5.03. The summed E-state index contributed by atoms with van der Waals surface area (Å²) >= 11 is 6.57. The second kappa shape index (κ2) is 6.65. The summed E-state index contributed by atoms with van der Waals surface area (Å²) in [7, 11) is -3.47. The highest BCUT2D eigenvalue weighted by molar-refractivity contribution is 9.11. The summed E-state index contributed by atoms with van der Waals surface area (Å²) in [5.74, 6) is -0.401. The van der Waals surface area contributed by atoms with E-state index in [4.69, 9.17) is 5.14 Å². The number of carbonyl (C=O) groups excluding carboxylic acids is 1. The van der Waals surface area contributed by atoms with Gasteiger partial charge >= 0.3 is 0 Å². The third kappa shape index (κ3) is 5.94. The fraction of sp³-hybridized carbons (Fsp3) is 0.300. The third-order valence-corrected chi connectivity index (χ3v) is 3.79. The van der Waals surface area contributed by atoms with Gasteiger partial charge in [-0.3, -0.25) is 4.79 Å². The molecule has 1 aromatic rings. The minimum absolute atomic E-state index is 0.143. The number of carbonyl (C=O) groups is 1. The Morgan fingerprint density at radius 1 is 1.22 bits per heavy atom. The molecule has 3 N–H and O–H groups in total. The lowest BCUT2D eigenvalue weighted by Crippen LogP contribution is -2.27. The van der Waals surface area contributed by atoms with Crippen molar-refractivity contribution in [3.05, 3.63) is 32.7 Å². The van der Waals surface area contributed by atoms with Crippen LogP contribution in [0.15, 0.2) is 27.1 Å². The van der Waals surface area contributed by atoms with Crippen molar-refractivity contribution in [2.75, 3.05) is 12.3 Å². The molecule has 0 aliphatic rings. The second-order valence-corrected chi connectivity index (χ2v) is 7.20. The minimum Gasteiger partial charge on any atom is -0.352 e. The summed E-state index contributed by atoms with van der Waals surface area (Å²) in [6.45, 7) is 0.263. The Balaban J connectivity index is 2.51. The third-order valence-electron chi connectivity index (χ3n) is 2.02. The lowest BCUT2D eigenvalue weighted by molar-refractivity contribution is 0.0953. The van der Waals surface area contributed by atoms with E-state index in [-0.39, 0.29) is 18.2 Å². The molecule has 0 aliphatic heterocycles. The summed E-state index contributed by atoms with van der Waals surface area (Å²) in [6, 6.07) is 5.18. The zero-order valence-corrected chi connectivity index (χ0v) is 13.3. The van der Waals surface area contributed by atoms with Crippen molar-refractivity contribution in [3.8, 4) is 0 Å². The first-order valence-corrected chi connectivity index (χ1v) is 8.33. The Kier molecular flexibility index (Phi) is 5.77. The average molecular weight is 400 g/mol. The first kappa shape index (κ1) is 15.6. The normalized spacial score (nSPS) is 11.3. The molecular formula is C10H12Br2N2O3S. The van der Waals surface area contributed by atoms with E-state index in [0.29, 0.717) is 12.0 Å². The van der Waals surface area contributed by atoms with Crippen LogP contribution >= 0.6 is 31.9 Å². The lowest BCUT2D eigenvalue weighted by Gasteiger charge is -2.05. The molecule has 0 saturated heterocycles. The zero-order chi connectivity index (χ0) is 13.8. The van der Waals surface area contributed by atoms with E-state index in [9.17, 15) is 13.2 Å². The van der Waals surface area contributed by atoms with Gasteiger partial charge in [0, 0.05) is 21.1 Å². The number of sulfonamides is 1. The van der Waals surface area contributed by atoms with E-state index >= 15 is 0 Å². The molecule has 0 aromatic heterocycles. The molecule has 0 radical (unpaired) electrons. The summed E-state index contributed by atoms with van der Waals surface area (Å²) in [4.78, 5) is 11.7. The number of hydrogen-bond donors (Lipinski definition) is 2. The quantitative estimate of drug-likeness (QED) is 0.737. The Bertz CT molecular complexity index is 526. The zero-order valence-electron chi connectivity index (χ0n) is 9.32. The molecule has 0 fully saturated rings. The Labute approximate surface area is 122 Å². The number of hydrogen-bond acceptors (Lipinski definition) is 3. The molecule has 100 valence electrons. The molecule has 0 atom stereocenters. The van der Waals surface area contributed by atoms with E-state index in [1.807, 2.05) is 6.07 Å². The number of nitrogens with two attached hydrogens (primary N) is 1. The van der Waals surface area contributed by atoms with Crippen molar-refractivity contribution in [2.24, 2.45) is 5.14 Å². The van der Waals surface area contributed by atoms with Crippen LogP contribution in [0.4, 0.5) is 0 Å². The lowest BCUT2D eigenvalue weighted by atomic mass is 10.2. The summed E-state index contributed by atoms with van der Waals surface area (Å²) < 4.78 is 22.9. The Hall–Kier alpha value is -0.440. The van der Waals surface area contributed by atoms with Crippen LogP contribution in [0.1, 0.15) is 16.8 Å². The highest BCUT2D eigenvalue weighted by Gasteiger charge is 2.08. The topological polar surface area (TPSA) is 89.3 Å². The number of rotatable bonds is 5. The highest BCUT2D eigenvalue weighted by atomic mass is 79.9. The van der Waals surface area contributed by atoms with Gasteiger partial charge in [0.15, 0.2) is 0 Å². The first-order chi connectivity index (χ1) is 8.28. The van der Waals surface area contributed by atoms with Gasteiger partial charge in [-0.15, -0.1) is 0 Å².